The van der Waals surface area contributed by atoms with Crippen molar-refractivity contribution >= 4 is 47.4 Å². The molecule has 6 amide bonds. The third-order valence-corrected chi connectivity index (χ3v) is 8.51. The SMILES string of the molecule is CC(C)[C@H](NC(=O)[C@@H](N)CCCCN)C(=O)N[C@@H](CO)C(=O)N[C@@H](CO)C(=O)N[C@@H](CCCNC(=N)N)C(=O)N[C@@H](Cc1ccccc1)C(=O)N[C@@H](CO)C(=O)O. The van der Waals surface area contributed by atoms with Gasteiger partial charge < -0.3 is 74.8 Å². The average Bonchev–Trinajstić information content (AvgIpc) is 3.17. The predicted octanol–water partition coefficient (Wildman–Crippen LogP) is -5.43. The highest BCUT2D eigenvalue weighted by Crippen LogP contribution is 2.08. The summed E-state index contributed by atoms with van der Waals surface area (Å²) < 4.78 is 0. The van der Waals surface area contributed by atoms with E-state index in [0.717, 1.165) is 0 Å². The van der Waals surface area contributed by atoms with Gasteiger partial charge in [-0.25, -0.2) is 4.79 Å². The summed E-state index contributed by atoms with van der Waals surface area (Å²) in [5, 5.41) is 62.8. The summed E-state index contributed by atoms with van der Waals surface area (Å²) in [7, 11) is 0. The monoisotopic (exact) mass is 809 g/mol. The summed E-state index contributed by atoms with van der Waals surface area (Å²) >= 11 is 0. The second-order valence-corrected chi connectivity index (χ2v) is 13.5. The summed E-state index contributed by atoms with van der Waals surface area (Å²) in [5.41, 5.74) is 17.3. The van der Waals surface area contributed by atoms with Gasteiger partial charge >= 0.3 is 5.97 Å². The molecule has 0 spiro atoms. The second-order valence-electron chi connectivity index (χ2n) is 13.5. The average molecular weight is 810 g/mol. The largest absolute Gasteiger partial charge is 0.480 e. The van der Waals surface area contributed by atoms with Gasteiger partial charge in [-0.3, -0.25) is 34.2 Å². The Labute approximate surface area is 330 Å². The lowest BCUT2D eigenvalue weighted by Gasteiger charge is -2.27. The van der Waals surface area contributed by atoms with Crippen molar-refractivity contribution in [3.8, 4) is 0 Å². The van der Waals surface area contributed by atoms with E-state index in [9.17, 15) is 54.0 Å². The first-order valence-electron chi connectivity index (χ1n) is 18.4. The van der Waals surface area contributed by atoms with Crippen molar-refractivity contribution in [3.05, 3.63) is 35.9 Å². The van der Waals surface area contributed by atoms with Gasteiger partial charge in [-0.2, -0.15) is 0 Å². The van der Waals surface area contributed by atoms with Gasteiger partial charge in [0, 0.05) is 13.0 Å². The fourth-order valence-corrected chi connectivity index (χ4v) is 5.22. The number of carboxylic acid groups (broad SMARTS) is 1. The first kappa shape index (κ1) is 49.6. The molecule has 7 atom stereocenters. The maximum Gasteiger partial charge on any atom is 0.328 e. The number of aliphatic carboxylic acids is 1. The number of aliphatic hydroxyl groups is 3. The number of nitrogens with one attached hydrogen (secondary N) is 8. The number of rotatable bonds is 27. The van der Waals surface area contributed by atoms with Gasteiger partial charge in [-0.15, -0.1) is 0 Å². The minimum Gasteiger partial charge on any atom is -0.480 e. The molecule has 18 N–H and O–H groups in total. The van der Waals surface area contributed by atoms with E-state index in [1.165, 1.54) is 0 Å². The van der Waals surface area contributed by atoms with Crippen molar-refractivity contribution in [2.75, 3.05) is 32.9 Å². The fourth-order valence-electron chi connectivity index (χ4n) is 5.22. The standard InChI is InChI=1S/C35H59N11O11/c1-19(2)27(46-28(50)21(37)11-6-7-13-36)33(55)44-25(17-48)32(54)43-24(16-47)31(53)41-22(12-8-14-40-35(38)39)29(51)42-23(15-20-9-4-3-5-10-20)30(52)45-26(18-49)34(56)57/h3-5,9-10,19,21-27,47-49H,6-8,11-18,36-37H2,1-2H3,(H,41,53)(H,42,51)(H,43,54)(H,44,55)(H,45,52)(H,46,50)(H,56,57)(H4,38,39,40)/t21-,22-,23-,24-,25-,26-,27-/m0/s1. The molecule has 320 valence electrons. The van der Waals surface area contributed by atoms with Crippen LogP contribution in [0.2, 0.25) is 0 Å². The van der Waals surface area contributed by atoms with E-state index in [1.54, 1.807) is 44.2 Å². The Bertz CT molecular complexity index is 1490. The summed E-state index contributed by atoms with van der Waals surface area (Å²) in [5.74, 6) is -7.90. The third kappa shape index (κ3) is 18.4. The molecule has 1 aromatic carbocycles. The Morgan fingerprint density at radius 3 is 1.65 bits per heavy atom. The van der Waals surface area contributed by atoms with Gasteiger partial charge in [0.25, 0.3) is 0 Å². The molecular weight excluding hydrogens is 750 g/mol. The number of amides is 6. The molecule has 0 saturated carbocycles. The number of guanidine groups is 1. The van der Waals surface area contributed by atoms with Crippen molar-refractivity contribution < 1.29 is 54.0 Å². The molecule has 0 radical (unpaired) electrons. The third-order valence-electron chi connectivity index (χ3n) is 8.51. The first-order chi connectivity index (χ1) is 27.0. The zero-order valence-corrected chi connectivity index (χ0v) is 32.2. The number of unbranched alkanes of at least 4 members (excludes halogenated alkanes) is 1. The van der Waals surface area contributed by atoms with Crippen molar-refractivity contribution in [1.82, 2.24) is 37.2 Å². The molecule has 0 aliphatic carbocycles. The molecule has 22 nitrogen and oxygen atoms in total. The summed E-state index contributed by atoms with van der Waals surface area (Å²) in [4.78, 5) is 90.8. The lowest BCUT2D eigenvalue weighted by molar-refractivity contribution is -0.143. The molecule has 0 saturated heterocycles. The predicted molar refractivity (Wildman–Crippen MR) is 205 cm³/mol. The van der Waals surface area contributed by atoms with Crippen LogP contribution in [0.3, 0.4) is 0 Å². The number of carbonyl (C=O) groups is 7. The Balaban J connectivity index is 3.19. The Kier molecular flexibility index (Phi) is 23.0. The van der Waals surface area contributed by atoms with E-state index in [1.807, 2.05) is 0 Å². The second kappa shape index (κ2) is 26.4. The molecular formula is C35H59N11O11. The van der Waals surface area contributed by atoms with Crippen LogP contribution in [0.4, 0.5) is 0 Å². The van der Waals surface area contributed by atoms with E-state index in [2.05, 4.69) is 37.2 Å². The van der Waals surface area contributed by atoms with Crippen LogP contribution < -0.4 is 54.4 Å². The molecule has 0 heterocycles. The number of carbonyl (C=O) groups excluding carboxylic acids is 6. The molecule has 1 rings (SSSR count). The molecule has 0 aromatic heterocycles. The summed E-state index contributed by atoms with van der Waals surface area (Å²) in [6, 6.07) is -1.66. The maximum atomic E-state index is 13.7. The van der Waals surface area contributed by atoms with Gasteiger partial charge in [0.05, 0.1) is 25.9 Å². The van der Waals surface area contributed by atoms with Crippen LogP contribution in [0.15, 0.2) is 30.3 Å². The lowest BCUT2D eigenvalue weighted by atomic mass is 10.0. The highest BCUT2D eigenvalue weighted by Gasteiger charge is 2.34. The quantitative estimate of drug-likeness (QED) is 0.0224. The van der Waals surface area contributed by atoms with Crippen LogP contribution in [0.1, 0.15) is 51.5 Å². The topological polar surface area (TPSA) is 387 Å². The summed E-state index contributed by atoms with van der Waals surface area (Å²) in [6.07, 6.45) is 1.42. The van der Waals surface area contributed by atoms with E-state index >= 15 is 0 Å². The van der Waals surface area contributed by atoms with Crippen LogP contribution >= 0.6 is 0 Å². The van der Waals surface area contributed by atoms with Crippen LogP contribution in [0, 0.1) is 11.3 Å². The van der Waals surface area contributed by atoms with Gasteiger partial charge in [-0.05, 0) is 43.7 Å². The molecule has 22 heteroatoms. The van der Waals surface area contributed by atoms with E-state index < -0.39 is 109 Å². The molecule has 0 aliphatic rings. The molecule has 0 unspecified atom stereocenters. The first-order valence-corrected chi connectivity index (χ1v) is 18.4. The van der Waals surface area contributed by atoms with E-state index in [4.69, 9.17) is 22.6 Å². The van der Waals surface area contributed by atoms with E-state index in [0.29, 0.717) is 31.4 Å². The minimum atomic E-state index is -1.73. The molecule has 0 fully saturated rings. The van der Waals surface area contributed by atoms with Gasteiger partial charge in [-0.1, -0.05) is 50.6 Å². The molecule has 1 aromatic rings. The number of hydrogen-bond donors (Lipinski definition) is 15. The number of benzene rings is 1. The molecule has 0 aliphatic heterocycles. The van der Waals surface area contributed by atoms with Crippen LogP contribution in [-0.2, 0) is 40.0 Å². The Morgan fingerprint density at radius 2 is 1.14 bits per heavy atom. The molecule has 0 bridgehead atoms. The maximum absolute atomic E-state index is 13.7. The van der Waals surface area contributed by atoms with Gasteiger partial charge in [0.1, 0.15) is 36.3 Å². The lowest BCUT2D eigenvalue weighted by Crippen LogP contribution is -2.61. The summed E-state index contributed by atoms with van der Waals surface area (Å²) in [6.45, 7) is 0.863. The fraction of sp³-hybridized carbons (Fsp3) is 0.600. The normalized spacial score (nSPS) is 14.7. The minimum absolute atomic E-state index is 0.0792. The number of hydrogen-bond acceptors (Lipinski definition) is 13. The van der Waals surface area contributed by atoms with E-state index in [-0.39, 0.29) is 31.8 Å². The zero-order valence-electron chi connectivity index (χ0n) is 32.2. The zero-order chi connectivity index (χ0) is 43.1. The van der Waals surface area contributed by atoms with Crippen LogP contribution in [-0.4, -0.2) is 143 Å². The van der Waals surface area contributed by atoms with Crippen molar-refractivity contribution in [1.29, 1.82) is 5.41 Å². The smallest absolute Gasteiger partial charge is 0.328 e. The van der Waals surface area contributed by atoms with Crippen molar-refractivity contribution in [2.45, 2.75) is 94.7 Å². The van der Waals surface area contributed by atoms with Crippen LogP contribution in [0.25, 0.3) is 0 Å². The van der Waals surface area contributed by atoms with Gasteiger partial charge in [0.2, 0.25) is 35.4 Å². The van der Waals surface area contributed by atoms with Crippen molar-refractivity contribution in [3.63, 3.8) is 0 Å². The number of nitrogens with two attached hydrogens (primary N) is 3. The van der Waals surface area contributed by atoms with Crippen LogP contribution in [0.5, 0.6) is 0 Å². The Hall–Kier alpha value is -5.42. The molecule has 57 heavy (non-hydrogen) atoms. The Morgan fingerprint density at radius 1 is 0.649 bits per heavy atom. The van der Waals surface area contributed by atoms with Crippen molar-refractivity contribution in [2.24, 2.45) is 23.1 Å². The number of aliphatic hydroxyl groups excluding tert-OH is 3. The highest BCUT2D eigenvalue weighted by molar-refractivity contribution is 5.97. The highest BCUT2D eigenvalue weighted by atomic mass is 16.4. The number of carboxylic acids is 1. The van der Waals surface area contributed by atoms with Gasteiger partial charge in [0.15, 0.2) is 5.96 Å².